The molecular formula is C23H26N4O4S2. The standard InChI is InChI=1S/C23H26N4O4S2/c1-15-6-4-5-13-27(15)33(30,31)19-10-7-17(8-11-19)22(29)25-23-26(3)20-12-9-18(24-16(2)28)14-21(20)32-23/h7-12,14-15H,4-6,13H2,1-3H3,(H,24,28). The molecule has 2 aromatic carbocycles. The van der Waals surface area contributed by atoms with Gasteiger partial charge in [-0.3, -0.25) is 9.59 Å². The molecule has 1 N–H and O–H groups in total. The van der Waals surface area contributed by atoms with Crippen LogP contribution in [0.1, 0.15) is 43.5 Å². The number of nitrogens with one attached hydrogen (secondary N) is 1. The Morgan fingerprint density at radius 1 is 1.12 bits per heavy atom. The quantitative estimate of drug-likeness (QED) is 0.610. The summed E-state index contributed by atoms with van der Waals surface area (Å²) in [5, 5.41) is 2.74. The van der Waals surface area contributed by atoms with Crippen LogP contribution in [0.25, 0.3) is 10.2 Å². The van der Waals surface area contributed by atoms with E-state index in [9.17, 15) is 18.0 Å². The highest BCUT2D eigenvalue weighted by Crippen LogP contribution is 2.25. The molecule has 1 aliphatic heterocycles. The van der Waals surface area contributed by atoms with Gasteiger partial charge in [0.05, 0.1) is 15.1 Å². The zero-order chi connectivity index (χ0) is 23.8. The summed E-state index contributed by atoms with van der Waals surface area (Å²) in [6.07, 6.45) is 2.75. The van der Waals surface area contributed by atoms with Crippen LogP contribution in [0.3, 0.4) is 0 Å². The Labute approximate surface area is 196 Å². The molecule has 8 nitrogen and oxygen atoms in total. The summed E-state index contributed by atoms with van der Waals surface area (Å²) < 4.78 is 30.2. The van der Waals surface area contributed by atoms with Crippen LogP contribution in [0.5, 0.6) is 0 Å². The topological polar surface area (TPSA) is 101 Å². The number of fused-ring (bicyclic) bond motifs is 1. The number of carbonyl (C=O) groups is 2. The van der Waals surface area contributed by atoms with Crippen molar-refractivity contribution in [3.05, 3.63) is 52.8 Å². The lowest BCUT2D eigenvalue weighted by Gasteiger charge is -2.32. The first-order valence-corrected chi connectivity index (χ1v) is 13.0. The van der Waals surface area contributed by atoms with Crippen LogP contribution in [0.15, 0.2) is 52.4 Å². The maximum atomic E-state index is 13.0. The van der Waals surface area contributed by atoms with E-state index in [1.807, 2.05) is 30.7 Å². The predicted octanol–water partition coefficient (Wildman–Crippen LogP) is 3.50. The number of hydrogen-bond donors (Lipinski definition) is 1. The number of anilines is 1. The Hall–Kier alpha value is -2.82. The summed E-state index contributed by atoms with van der Waals surface area (Å²) in [5.41, 5.74) is 1.88. The second-order valence-corrected chi connectivity index (χ2v) is 11.1. The minimum absolute atomic E-state index is 0.0285. The van der Waals surface area contributed by atoms with E-state index in [-0.39, 0.29) is 16.8 Å². The van der Waals surface area contributed by atoms with E-state index in [2.05, 4.69) is 10.3 Å². The van der Waals surface area contributed by atoms with Gasteiger partial charge in [-0.05, 0) is 62.2 Å². The molecule has 1 fully saturated rings. The lowest BCUT2D eigenvalue weighted by Crippen LogP contribution is -2.41. The van der Waals surface area contributed by atoms with Gasteiger partial charge < -0.3 is 9.88 Å². The van der Waals surface area contributed by atoms with E-state index in [1.54, 1.807) is 10.4 Å². The van der Waals surface area contributed by atoms with Gasteiger partial charge in [-0.25, -0.2) is 8.42 Å². The van der Waals surface area contributed by atoms with E-state index in [0.717, 1.165) is 29.5 Å². The molecular weight excluding hydrogens is 460 g/mol. The fourth-order valence-corrected chi connectivity index (χ4v) is 6.76. The highest BCUT2D eigenvalue weighted by Gasteiger charge is 2.30. The van der Waals surface area contributed by atoms with Crippen LogP contribution in [0, 0.1) is 0 Å². The zero-order valence-corrected chi connectivity index (χ0v) is 20.4. The monoisotopic (exact) mass is 486 g/mol. The third-order valence-electron chi connectivity index (χ3n) is 5.78. The zero-order valence-electron chi connectivity index (χ0n) is 18.7. The van der Waals surface area contributed by atoms with E-state index in [1.165, 1.54) is 42.5 Å². The number of thiazole rings is 1. The number of rotatable bonds is 4. The highest BCUT2D eigenvalue weighted by atomic mass is 32.2. The molecule has 1 aliphatic rings. The minimum Gasteiger partial charge on any atom is -0.326 e. The molecule has 2 heterocycles. The number of piperidine rings is 1. The molecule has 1 unspecified atom stereocenters. The molecule has 4 rings (SSSR count). The number of amides is 2. The van der Waals surface area contributed by atoms with E-state index in [0.29, 0.717) is 22.6 Å². The number of benzene rings is 2. The van der Waals surface area contributed by atoms with Crippen molar-refractivity contribution in [1.82, 2.24) is 8.87 Å². The van der Waals surface area contributed by atoms with Gasteiger partial charge in [-0.2, -0.15) is 9.30 Å². The largest absolute Gasteiger partial charge is 0.326 e. The molecule has 1 saturated heterocycles. The van der Waals surface area contributed by atoms with Crippen LogP contribution in [-0.2, 0) is 21.9 Å². The lowest BCUT2D eigenvalue weighted by atomic mass is 10.1. The van der Waals surface area contributed by atoms with Gasteiger partial charge in [0.2, 0.25) is 15.9 Å². The molecule has 0 saturated carbocycles. The van der Waals surface area contributed by atoms with Crippen molar-refractivity contribution in [2.24, 2.45) is 12.0 Å². The van der Waals surface area contributed by atoms with Crippen molar-refractivity contribution in [1.29, 1.82) is 0 Å². The van der Waals surface area contributed by atoms with Crippen molar-refractivity contribution < 1.29 is 18.0 Å². The van der Waals surface area contributed by atoms with Crippen LogP contribution >= 0.6 is 11.3 Å². The molecule has 0 aliphatic carbocycles. The van der Waals surface area contributed by atoms with Crippen LogP contribution in [0.2, 0.25) is 0 Å². The highest BCUT2D eigenvalue weighted by molar-refractivity contribution is 7.89. The number of nitrogens with zero attached hydrogens (tertiary/aromatic N) is 3. The summed E-state index contributed by atoms with van der Waals surface area (Å²) in [4.78, 5) is 29.0. The third-order valence-corrected chi connectivity index (χ3v) is 8.90. The van der Waals surface area contributed by atoms with Gasteiger partial charge in [-0.1, -0.05) is 17.8 Å². The molecule has 0 radical (unpaired) electrons. The van der Waals surface area contributed by atoms with Crippen molar-refractivity contribution in [3.8, 4) is 0 Å². The fraction of sp³-hybridized carbons (Fsp3) is 0.348. The first kappa shape index (κ1) is 23.3. The fourth-order valence-electron chi connectivity index (χ4n) is 4.01. The Balaban J connectivity index is 1.60. The van der Waals surface area contributed by atoms with Crippen molar-refractivity contribution in [2.45, 2.75) is 44.0 Å². The number of aryl methyl sites for hydroxylation is 1. The number of carbonyl (C=O) groups excluding carboxylic acids is 2. The maximum absolute atomic E-state index is 13.0. The molecule has 3 aromatic rings. The molecule has 10 heteroatoms. The van der Waals surface area contributed by atoms with Crippen LogP contribution in [0.4, 0.5) is 5.69 Å². The van der Waals surface area contributed by atoms with Crippen LogP contribution < -0.4 is 10.1 Å². The third kappa shape index (κ3) is 4.78. The Morgan fingerprint density at radius 3 is 2.52 bits per heavy atom. The van der Waals surface area contributed by atoms with Gasteiger partial charge in [-0.15, -0.1) is 0 Å². The molecule has 0 bridgehead atoms. The van der Waals surface area contributed by atoms with Crippen molar-refractivity contribution >= 4 is 49.1 Å². The van der Waals surface area contributed by atoms with Gasteiger partial charge in [0.15, 0.2) is 4.80 Å². The maximum Gasteiger partial charge on any atom is 0.279 e. The molecule has 33 heavy (non-hydrogen) atoms. The first-order chi connectivity index (χ1) is 15.7. The molecule has 1 atom stereocenters. The van der Waals surface area contributed by atoms with E-state index in [4.69, 9.17) is 0 Å². The summed E-state index contributed by atoms with van der Waals surface area (Å²) in [5.74, 6) is -0.606. The Morgan fingerprint density at radius 2 is 1.85 bits per heavy atom. The minimum atomic E-state index is -3.59. The van der Waals surface area contributed by atoms with Gasteiger partial charge in [0, 0.05) is 37.8 Å². The second kappa shape index (κ2) is 9.20. The molecule has 174 valence electrons. The SMILES string of the molecule is CC(=O)Nc1ccc2c(c1)sc(=NC(=O)c1ccc(S(=O)(=O)N3CCCCC3C)cc1)n2C. The first-order valence-electron chi connectivity index (χ1n) is 10.7. The predicted molar refractivity (Wildman–Crippen MR) is 129 cm³/mol. The van der Waals surface area contributed by atoms with Crippen LogP contribution in [-0.4, -0.2) is 41.7 Å². The van der Waals surface area contributed by atoms with Gasteiger partial charge >= 0.3 is 0 Å². The molecule has 0 spiro atoms. The molecule has 2 amide bonds. The lowest BCUT2D eigenvalue weighted by molar-refractivity contribution is -0.114. The van der Waals surface area contributed by atoms with E-state index >= 15 is 0 Å². The summed E-state index contributed by atoms with van der Waals surface area (Å²) in [7, 11) is -1.77. The molecule has 1 aromatic heterocycles. The summed E-state index contributed by atoms with van der Waals surface area (Å²) >= 11 is 1.34. The van der Waals surface area contributed by atoms with Crippen molar-refractivity contribution in [3.63, 3.8) is 0 Å². The summed E-state index contributed by atoms with van der Waals surface area (Å²) in [6, 6.07) is 11.4. The Bertz CT molecular complexity index is 1390. The Kier molecular flexibility index (Phi) is 6.51. The second-order valence-electron chi connectivity index (χ2n) is 8.21. The smallest absolute Gasteiger partial charge is 0.279 e. The number of hydrogen-bond acceptors (Lipinski definition) is 5. The normalized spacial score (nSPS) is 17.9. The number of aromatic nitrogens is 1. The van der Waals surface area contributed by atoms with Gasteiger partial charge in [0.1, 0.15) is 0 Å². The van der Waals surface area contributed by atoms with Gasteiger partial charge in [0.25, 0.3) is 5.91 Å². The van der Waals surface area contributed by atoms with Crippen molar-refractivity contribution in [2.75, 3.05) is 11.9 Å². The average molecular weight is 487 g/mol. The van der Waals surface area contributed by atoms with E-state index < -0.39 is 15.9 Å². The number of sulfonamides is 1. The average Bonchev–Trinajstić information content (AvgIpc) is 3.08. The summed E-state index contributed by atoms with van der Waals surface area (Å²) in [6.45, 7) is 3.89.